The fourth-order valence-electron chi connectivity index (χ4n) is 4.67. The number of rotatable bonds is 4. The molecule has 1 aliphatic carbocycles. The Kier molecular flexibility index (Phi) is 4.82. The average molecular weight is 306 g/mol. The molecule has 0 aromatic carbocycles. The monoisotopic (exact) mass is 306 g/mol. The number of carbonyl (C=O) groups excluding carboxylic acids is 1. The minimum atomic E-state index is 0.310. The van der Waals surface area contributed by atoms with Gasteiger partial charge in [0, 0.05) is 25.0 Å². The highest BCUT2D eigenvalue weighted by Gasteiger charge is 2.37. The molecule has 2 saturated heterocycles. The zero-order chi connectivity index (χ0) is 15.7. The Bertz CT molecular complexity index is 386. The molecule has 22 heavy (non-hydrogen) atoms. The lowest BCUT2D eigenvalue weighted by atomic mass is 9.74. The summed E-state index contributed by atoms with van der Waals surface area (Å²) in [6.45, 7) is 11.3. The van der Waals surface area contributed by atoms with Gasteiger partial charge >= 0.3 is 0 Å². The Morgan fingerprint density at radius 2 is 1.64 bits per heavy atom. The SMILES string of the molecule is CC(C)CC1(C)CCN(C(=O)C2CCN(C3CC3)CC2)CC1. The van der Waals surface area contributed by atoms with E-state index in [9.17, 15) is 4.79 Å². The molecule has 0 radical (unpaired) electrons. The van der Waals surface area contributed by atoms with Crippen LogP contribution in [-0.4, -0.2) is 47.9 Å². The van der Waals surface area contributed by atoms with Gasteiger partial charge in [0.1, 0.15) is 0 Å². The number of amides is 1. The fourth-order valence-corrected chi connectivity index (χ4v) is 4.67. The summed E-state index contributed by atoms with van der Waals surface area (Å²) in [7, 11) is 0. The molecule has 3 heteroatoms. The van der Waals surface area contributed by atoms with Gasteiger partial charge in [-0.3, -0.25) is 4.79 Å². The molecule has 3 rings (SSSR count). The van der Waals surface area contributed by atoms with E-state index in [1.165, 1.54) is 32.1 Å². The second-order valence-electron chi connectivity index (χ2n) is 8.78. The molecule has 3 nitrogen and oxygen atoms in total. The van der Waals surface area contributed by atoms with Crippen molar-refractivity contribution in [1.82, 2.24) is 9.80 Å². The van der Waals surface area contributed by atoms with E-state index in [-0.39, 0.29) is 0 Å². The lowest BCUT2D eigenvalue weighted by Crippen LogP contribution is -2.47. The van der Waals surface area contributed by atoms with Crippen LogP contribution in [0, 0.1) is 17.3 Å². The Balaban J connectivity index is 1.45. The molecule has 0 spiro atoms. The second kappa shape index (κ2) is 6.51. The standard InChI is InChI=1S/C19H34N2O/c1-15(2)14-19(3)8-12-21(13-9-19)18(22)16-6-10-20(11-7-16)17-4-5-17/h15-17H,4-14H2,1-3H3. The molecule has 0 bridgehead atoms. The minimum Gasteiger partial charge on any atom is -0.342 e. The first-order valence-electron chi connectivity index (χ1n) is 9.50. The molecule has 2 heterocycles. The number of likely N-dealkylation sites (tertiary alicyclic amines) is 2. The van der Waals surface area contributed by atoms with E-state index in [2.05, 4.69) is 30.6 Å². The number of hydrogen-bond acceptors (Lipinski definition) is 2. The molecule has 3 aliphatic rings. The van der Waals surface area contributed by atoms with Crippen molar-refractivity contribution in [2.45, 2.75) is 71.8 Å². The van der Waals surface area contributed by atoms with Gasteiger partial charge in [-0.05, 0) is 69.4 Å². The zero-order valence-corrected chi connectivity index (χ0v) is 14.8. The van der Waals surface area contributed by atoms with Crippen LogP contribution in [0.2, 0.25) is 0 Å². The summed E-state index contributed by atoms with van der Waals surface area (Å²) in [6, 6.07) is 0.864. The average Bonchev–Trinajstić information content (AvgIpc) is 3.31. The van der Waals surface area contributed by atoms with E-state index >= 15 is 0 Å². The van der Waals surface area contributed by atoms with Crippen molar-refractivity contribution in [1.29, 1.82) is 0 Å². The van der Waals surface area contributed by atoms with Gasteiger partial charge in [0.05, 0.1) is 0 Å². The predicted octanol–water partition coefficient (Wildman–Crippen LogP) is 3.54. The third-order valence-electron chi connectivity index (χ3n) is 6.13. The van der Waals surface area contributed by atoms with Crippen molar-refractivity contribution in [2.75, 3.05) is 26.2 Å². The van der Waals surface area contributed by atoms with Crippen molar-refractivity contribution in [2.24, 2.45) is 17.3 Å². The summed E-state index contributed by atoms with van der Waals surface area (Å²) in [5.74, 6) is 1.53. The Morgan fingerprint density at radius 1 is 1.05 bits per heavy atom. The third kappa shape index (κ3) is 3.84. The maximum absolute atomic E-state index is 12.8. The molecule has 1 amide bonds. The van der Waals surface area contributed by atoms with E-state index in [0.717, 1.165) is 51.0 Å². The normalized spacial score (nSPS) is 27.4. The van der Waals surface area contributed by atoms with Crippen LogP contribution in [0.25, 0.3) is 0 Å². The van der Waals surface area contributed by atoms with E-state index in [0.29, 0.717) is 17.2 Å². The van der Waals surface area contributed by atoms with Crippen LogP contribution >= 0.6 is 0 Å². The molecular weight excluding hydrogens is 272 g/mol. The molecular formula is C19H34N2O. The van der Waals surface area contributed by atoms with Gasteiger partial charge in [-0.25, -0.2) is 0 Å². The summed E-state index contributed by atoms with van der Waals surface area (Å²) >= 11 is 0. The molecule has 3 fully saturated rings. The lowest BCUT2D eigenvalue weighted by Gasteiger charge is -2.42. The third-order valence-corrected chi connectivity index (χ3v) is 6.13. The van der Waals surface area contributed by atoms with Gasteiger partial charge < -0.3 is 9.80 Å². The highest BCUT2D eigenvalue weighted by molar-refractivity contribution is 5.79. The Morgan fingerprint density at radius 3 is 2.14 bits per heavy atom. The Hall–Kier alpha value is -0.570. The molecule has 0 atom stereocenters. The van der Waals surface area contributed by atoms with Gasteiger partial charge in [-0.1, -0.05) is 20.8 Å². The second-order valence-corrected chi connectivity index (χ2v) is 8.78. The topological polar surface area (TPSA) is 23.6 Å². The van der Waals surface area contributed by atoms with Crippen LogP contribution in [0.4, 0.5) is 0 Å². The van der Waals surface area contributed by atoms with Crippen molar-refractivity contribution in [3.8, 4) is 0 Å². The largest absolute Gasteiger partial charge is 0.342 e. The van der Waals surface area contributed by atoms with Crippen LogP contribution in [0.1, 0.15) is 65.7 Å². The van der Waals surface area contributed by atoms with Crippen LogP contribution in [0.15, 0.2) is 0 Å². The minimum absolute atomic E-state index is 0.310. The van der Waals surface area contributed by atoms with Crippen molar-refractivity contribution >= 4 is 5.91 Å². The summed E-state index contributed by atoms with van der Waals surface area (Å²) in [5.41, 5.74) is 0.459. The van der Waals surface area contributed by atoms with Crippen LogP contribution in [0.3, 0.4) is 0 Å². The maximum Gasteiger partial charge on any atom is 0.225 e. The highest BCUT2D eigenvalue weighted by Crippen LogP contribution is 2.38. The predicted molar refractivity (Wildman–Crippen MR) is 90.7 cm³/mol. The van der Waals surface area contributed by atoms with Gasteiger partial charge in [0.15, 0.2) is 0 Å². The summed E-state index contributed by atoms with van der Waals surface area (Å²) in [4.78, 5) is 17.6. The first-order valence-corrected chi connectivity index (χ1v) is 9.50. The van der Waals surface area contributed by atoms with Gasteiger partial charge in [0.25, 0.3) is 0 Å². The summed E-state index contributed by atoms with van der Waals surface area (Å²) < 4.78 is 0. The van der Waals surface area contributed by atoms with Crippen LogP contribution < -0.4 is 0 Å². The number of carbonyl (C=O) groups is 1. The number of hydrogen-bond donors (Lipinski definition) is 0. The first kappa shape index (κ1) is 16.3. The van der Waals surface area contributed by atoms with Gasteiger partial charge in [-0.15, -0.1) is 0 Å². The van der Waals surface area contributed by atoms with Crippen LogP contribution in [-0.2, 0) is 4.79 Å². The van der Waals surface area contributed by atoms with E-state index in [4.69, 9.17) is 0 Å². The van der Waals surface area contributed by atoms with Gasteiger partial charge in [0.2, 0.25) is 5.91 Å². The van der Waals surface area contributed by atoms with Crippen molar-refractivity contribution in [3.63, 3.8) is 0 Å². The van der Waals surface area contributed by atoms with E-state index in [1.54, 1.807) is 0 Å². The lowest BCUT2D eigenvalue weighted by molar-refractivity contribution is -0.139. The quantitative estimate of drug-likeness (QED) is 0.793. The van der Waals surface area contributed by atoms with Gasteiger partial charge in [-0.2, -0.15) is 0 Å². The Labute approximate surface area is 136 Å². The molecule has 0 aromatic rings. The molecule has 126 valence electrons. The smallest absolute Gasteiger partial charge is 0.225 e. The molecule has 0 unspecified atom stereocenters. The zero-order valence-electron chi connectivity index (χ0n) is 14.8. The maximum atomic E-state index is 12.8. The fraction of sp³-hybridized carbons (Fsp3) is 0.947. The van der Waals surface area contributed by atoms with Crippen LogP contribution in [0.5, 0.6) is 0 Å². The molecule has 1 saturated carbocycles. The molecule has 0 aromatic heterocycles. The number of nitrogens with zero attached hydrogens (tertiary/aromatic N) is 2. The van der Waals surface area contributed by atoms with Crippen molar-refractivity contribution in [3.05, 3.63) is 0 Å². The number of piperidine rings is 2. The highest BCUT2D eigenvalue weighted by atomic mass is 16.2. The first-order chi connectivity index (χ1) is 10.5. The summed E-state index contributed by atoms with van der Waals surface area (Å²) in [6.07, 6.45) is 8.65. The molecule has 2 aliphatic heterocycles. The molecule has 0 N–H and O–H groups in total. The summed E-state index contributed by atoms with van der Waals surface area (Å²) in [5, 5.41) is 0. The van der Waals surface area contributed by atoms with Crippen molar-refractivity contribution < 1.29 is 4.79 Å². The van der Waals surface area contributed by atoms with E-state index in [1.807, 2.05) is 0 Å². The van der Waals surface area contributed by atoms with E-state index < -0.39 is 0 Å².